The third kappa shape index (κ3) is 6.83. The second kappa shape index (κ2) is 13.4. The number of benzene rings is 1. The lowest BCUT2D eigenvalue weighted by molar-refractivity contribution is -0.139. The van der Waals surface area contributed by atoms with E-state index >= 15 is 0 Å². The number of piperidine rings is 1. The number of carbonyl (C=O) groups excluding carboxylic acids is 2. The van der Waals surface area contributed by atoms with Gasteiger partial charge in [0, 0.05) is 38.9 Å². The van der Waals surface area contributed by atoms with E-state index in [0.717, 1.165) is 17.2 Å². The van der Waals surface area contributed by atoms with Gasteiger partial charge in [-0.05, 0) is 42.7 Å². The highest BCUT2D eigenvalue weighted by molar-refractivity contribution is 7.18. The number of ether oxygens (including phenoxy) is 1. The minimum Gasteiger partial charge on any atom is -0.479 e. The number of rotatable bonds is 9. The third-order valence-electron chi connectivity index (χ3n) is 6.55. The van der Waals surface area contributed by atoms with Crippen LogP contribution in [0.25, 0.3) is 10.4 Å². The minimum atomic E-state index is -1.30. The smallest absolute Gasteiger partial charge is 0.349 e. The lowest BCUT2D eigenvalue weighted by Crippen LogP contribution is -2.50. The number of hydrogen-bond donors (Lipinski definition) is 5. The Morgan fingerprint density at radius 2 is 1.86 bits per heavy atom. The Hall–Kier alpha value is -4.56. The molecule has 15 heteroatoms. The van der Waals surface area contributed by atoms with Crippen molar-refractivity contribution in [2.45, 2.75) is 18.9 Å². The largest absolute Gasteiger partial charge is 0.479 e. The van der Waals surface area contributed by atoms with E-state index in [0.29, 0.717) is 47.7 Å². The molecule has 0 unspecified atom stereocenters. The van der Waals surface area contributed by atoms with Crippen molar-refractivity contribution in [2.24, 2.45) is 0 Å². The number of carboxylic acid groups (broad SMARTS) is 2. The maximum atomic E-state index is 13.1. The Bertz CT molecular complexity index is 1470. The standard InChI is InChI=1S/C27H29ClN6O7S/c1-29-26(39)32-16-6-7-19(31-13-16)33-10-8-17(9-11-33)34(27(40)30-2)18-5-3-4-15(12-18)23-21(28)22(41-14-20(35)36)24(42-23)25(37)38/h3-7,12-13,17H,8-11,14H2,1-2H3,(H,30,40)(H,35,36)(H,37,38)(H2,29,32,39). The van der Waals surface area contributed by atoms with Gasteiger partial charge in [0.2, 0.25) is 0 Å². The van der Waals surface area contributed by atoms with Gasteiger partial charge in [-0.1, -0.05) is 23.7 Å². The molecule has 1 aliphatic heterocycles. The predicted octanol–water partition coefficient (Wildman–Crippen LogP) is 4.19. The van der Waals surface area contributed by atoms with Crippen molar-refractivity contribution in [3.63, 3.8) is 0 Å². The van der Waals surface area contributed by atoms with Crippen LogP contribution in [-0.2, 0) is 4.79 Å². The van der Waals surface area contributed by atoms with Gasteiger partial charge in [0.05, 0.1) is 16.8 Å². The van der Waals surface area contributed by atoms with E-state index in [9.17, 15) is 24.3 Å². The Balaban J connectivity index is 1.55. The minimum absolute atomic E-state index is 0.0142. The quantitative estimate of drug-likeness (QED) is 0.236. The molecule has 3 aromatic rings. The number of nitrogens with one attached hydrogen (secondary N) is 3. The summed E-state index contributed by atoms with van der Waals surface area (Å²) in [5, 5.41) is 26.4. The number of hydrogen-bond acceptors (Lipinski definition) is 8. The van der Waals surface area contributed by atoms with Crippen molar-refractivity contribution >= 4 is 64.1 Å². The first-order chi connectivity index (χ1) is 20.1. The topological polar surface area (TPSA) is 173 Å². The summed E-state index contributed by atoms with van der Waals surface area (Å²) in [5.41, 5.74) is 1.71. The molecule has 0 radical (unpaired) electrons. The summed E-state index contributed by atoms with van der Waals surface area (Å²) >= 11 is 7.34. The number of anilines is 3. The van der Waals surface area contributed by atoms with E-state index in [1.165, 1.54) is 7.05 Å². The number of thiophene rings is 1. The third-order valence-corrected chi connectivity index (χ3v) is 8.23. The molecule has 5 N–H and O–H groups in total. The number of urea groups is 2. The van der Waals surface area contributed by atoms with E-state index in [1.54, 1.807) is 48.5 Å². The zero-order valence-corrected chi connectivity index (χ0v) is 24.3. The van der Waals surface area contributed by atoms with Crippen LogP contribution >= 0.6 is 22.9 Å². The van der Waals surface area contributed by atoms with E-state index in [2.05, 4.69) is 25.8 Å². The van der Waals surface area contributed by atoms with Crippen LogP contribution in [0.1, 0.15) is 22.5 Å². The zero-order chi connectivity index (χ0) is 30.4. The molecule has 0 spiro atoms. The Morgan fingerprint density at radius 1 is 1.12 bits per heavy atom. The number of halogens is 1. The molecular formula is C27H29ClN6O7S. The Morgan fingerprint density at radius 3 is 2.45 bits per heavy atom. The molecular weight excluding hydrogens is 588 g/mol. The average molecular weight is 617 g/mol. The summed E-state index contributed by atoms with van der Waals surface area (Å²) in [6.07, 6.45) is 2.88. The van der Waals surface area contributed by atoms with Crippen LogP contribution in [0.2, 0.25) is 5.02 Å². The van der Waals surface area contributed by atoms with Gasteiger partial charge in [0.1, 0.15) is 10.8 Å². The number of nitrogens with zero attached hydrogens (tertiary/aromatic N) is 3. The molecule has 42 heavy (non-hydrogen) atoms. The van der Waals surface area contributed by atoms with Crippen molar-refractivity contribution < 1.29 is 34.1 Å². The van der Waals surface area contributed by atoms with Gasteiger partial charge in [-0.3, -0.25) is 4.90 Å². The number of pyridine rings is 1. The highest BCUT2D eigenvalue weighted by Crippen LogP contribution is 2.46. The molecule has 1 saturated heterocycles. The van der Waals surface area contributed by atoms with Gasteiger partial charge in [-0.25, -0.2) is 24.2 Å². The monoisotopic (exact) mass is 616 g/mol. The van der Waals surface area contributed by atoms with E-state index in [4.69, 9.17) is 21.4 Å². The summed E-state index contributed by atoms with van der Waals surface area (Å²) in [5.74, 6) is -2.02. The SMILES string of the molecule is CNC(=O)Nc1ccc(N2CCC(N(C(=O)NC)c3cccc(-c4sc(C(=O)O)c(OCC(=O)O)c4Cl)c3)CC2)nc1. The van der Waals surface area contributed by atoms with Crippen molar-refractivity contribution in [2.75, 3.05) is 48.9 Å². The Kier molecular flexibility index (Phi) is 9.70. The molecule has 3 heterocycles. The summed E-state index contributed by atoms with van der Waals surface area (Å²) in [6.45, 7) is 0.526. The number of amides is 4. The summed E-state index contributed by atoms with van der Waals surface area (Å²) in [4.78, 5) is 55.8. The van der Waals surface area contributed by atoms with Gasteiger partial charge in [-0.15, -0.1) is 11.3 Å². The number of aliphatic carboxylic acids is 1. The molecule has 0 bridgehead atoms. The van der Waals surface area contributed by atoms with Gasteiger partial charge in [0.15, 0.2) is 17.2 Å². The van der Waals surface area contributed by atoms with Crippen LogP contribution in [-0.4, -0.2) is 79.0 Å². The lowest BCUT2D eigenvalue weighted by Gasteiger charge is -2.39. The van der Waals surface area contributed by atoms with Gasteiger partial charge in [0.25, 0.3) is 0 Å². The molecule has 2 aromatic heterocycles. The maximum absolute atomic E-state index is 13.1. The van der Waals surface area contributed by atoms with Crippen LogP contribution in [0.4, 0.5) is 26.8 Å². The zero-order valence-electron chi connectivity index (χ0n) is 22.7. The van der Waals surface area contributed by atoms with Crippen LogP contribution in [0.5, 0.6) is 5.75 Å². The fourth-order valence-electron chi connectivity index (χ4n) is 4.59. The number of aromatic nitrogens is 1. The fraction of sp³-hybridized carbons (Fsp3) is 0.296. The highest BCUT2D eigenvalue weighted by Gasteiger charge is 2.30. The molecule has 0 saturated carbocycles. The fourth-order valence-corrected chi connectivity index (χ4v) is 5.99. The normalized spacial score (nSPS) is 13.3. The molecule has 0 atom stereocenters. The molecule has 1 aromatic carbocycles. The first kappa shape index (κ1) is 30.4. The molecule has 1 aliphatic rings. The molecule has 0 aliphatic carbocycles. The van der Waals surface area contributed by atoms with E-state index in [-0.39, 0.29) is 33.8 Å². The highest BCUT2D eigenvalue weighted by atomic mass is 35.5. The summed E-state index contributed by atoms with van der Waals surface area (Å²) < 4.78 is 5.19. The van der Waals surface area contributed by atoms with Crippen molar-refractivity contribution in [1.29, 1.82) is 0 Å². The van der Waals surface area contributed by atoms with Crippen LogP contribution in [0.15, 0.2) is 42.6 Å². The summed E-state index contributed by atoms with van der Waals surface area (Å²) in [7, 11) is 3.08. The first-order valence-corrected chi connectivity index (χ1v) is 14.0. The van der Waals surface area contributed by atoms with Gasteiger partial charge >= 0.3 is 24.0 Å². The molecule has 222 valence electrons. The first-order valence-electron chi connectivity index (χ1n) is 12.8. The van der Waals surface area contributed by atoms with Crippen LogP contribution in [0.3, 0.4) is 0 Å². The summed E-state index contributed by atoms with van der Waals surface area (Å²) in [6, 6.07) is 9.81. The molecule has 13 nitrogen and oxygen atoms in total. The number of aromatic carboxylic acids is 1. The lowest BCUT2D eigenvalue weighted by atomic mass is 10.0. The number of carbonyl (C=O) groups is 4. The van der Waals surface area contributed by atoms with E-state index < -0.39 is 18.5 Å². The maximum Gasteiger partial charge on any atom is 0.349 e. The van der Waals surface area contributed by atoms with Crippen LogP contribution < -0.4 is 30.5 Å². The van der Waals surface area contributed by atoms with Crippen molar-refractivity contribution in [3.8, 4) is 16.2 Å². The van der Waals surface area contributed by atoms with Crippen molar-refractivity contribution in [1.82, 2.24) is 15.6 Å². The van der Waals surface area contributed by atoms with Crippen LogP contribution in [0, 0.1) is 0 Å². The predicted molar refractivity (Wildman–Crippen MR) is 159 cm³/mol. The molecule has 4 rings (SSSR count). The second-order valence-electron chi connectivity index (χ2n) is 9.19. The molecule has 4 amide bonds. The van der Waals surface area contributed by atoms with Crippen molar-refractivity contribution in [3.05, 3.63) is 52.5 Å². The van der Waals surface area contributed by atoms with Gasteiger partial charge in [-0.2, -0.15) is 0 Å². The average Bonchev–Trinajstić information content (AvgIpc) is 3.33. The Labute approximate surface area is 250 Å². The van der Waals surface area contributed by atoms with E-state index in [1.807, 2.05) is 6.07 Å². The second-order valence-corrected chi connectivity index (χ2v) is 10.6. The van der Waals surface area contributed by atoms with Gasteiger partial charge < -0.3 is 35.8 Å². The number of carboxylic acids is 2. The molecule has 1 fully saturated rings.